The lowest BCUT2D eigenvalue weighted by atomic mass is 9.41. The number of aliphatic hydroxyl groups excluding tert-OH is 2. The molecule has 0 aliphatic heterocycles. The molecule has 0 unspecified atom stereocenters. The second-order valence-electron chi connectivity index (χ2n) is 9.41. The molecule has 5 atom stereocenters. The molecule has 0 heterocycles. The van der Waals surface area contributed by atoms with Gasteiger partial charge in [0.1, 0.15) is 0 Å². The van der Waals surface area contributed by atoms with E-state index in [1.165, 1.54) is 0 Å². The number of aliphatic hydroxyl groups is 2. The van der Waals surface area contributed by atoms with Crippen LogP contribution in [0.3, 0.4) is 0 Å². The summed E-state index contributed by atoms with van der Waals surface area (Å²) in [6.07, 6.45) is 11.3. The van der Waals surface area contributed by atoms with Crippen LogP contribution >= 0.6 is 0 Å². The number of Topliss-reactive ketones (excluding diaryl/α,β-unsaturated/α-hetero) is 1. The van der Waals surface area contributed by atoms with E-state index in [2.05, 4.69) is 32.9 Å². The fourth-order valence-electron chi connectivity index (χ4n) is 6.89. The third-order valence-corrected chi connectivity index (χ3v) is 7.86. The lowest BCUT2D eigenvalue weighted by molar-refractivity contribution is -0.159. The zero-order valence-electron chi connectivity index (χ0n) is 14.4. The van der Waals surface area contributed by atoms with Crippen LogP contribution in [-0.2, 0) is 4.79 Å². The van der Waals surface area contributed by atoms with E-state index in [4.69, 9.17) is 0 Å². The van der Waals surface area contributed by atoms with Gasteiger partial charge in [0.2, 0.25) is 5.78 Å². The van der Waals surface area contributed by atoms with Gasteiger partial charge < -0.3 is 10.2 Å². The summed E-state index contributed by atoms with van der Waals surface area (Å²) in [5.74, 6) is 0.467. The van der Waals surface area contributed by atoms with Crippen molar-refractivity contribution in [1.82, 2.24) is 0 Å². The van der Waals surface area contributed by atoms with Crippen LogP contribution in [0.1, 0.15) is 52.9 Å². The summed E-state index contributed by atoms with van der Waals surface area (Å²) in [6.45, 7) is 6.63. The summed E-state index contributed by atoms with van der Waals surface area (Å²) in [7, 11) is 0. The number of ketones is 1. The number of fused-ring (bicyclic) bond motifs is 3. The van der Waals surface area contributed by atoms with E-state index < -0.39 is 5.41 Å². The molecule has 23 heavy (non-hydrogen) atoms. The Bertz CT molecular complexity index is 631. The van der Waals surface area contributed by atoms with Crippen molar-refractivity contribution in [2.45, 2.75) is 52.9 Å². The predicted octanol–water partition coefficient (Wildman–Crippen LogP) is 3.79. The molecular formula is C20H28O3. The second kappa shape index (κ2) is 4.30. The van der Waals surface area contributed by atoms with E-state index in [1.807, 2.05) is 0 Å². The van der Waals surface area contributed by atoms with Gasteiger partial charge in [0.25, 0.3) is 0 Å². The first-order valence-electron chi connectivity index (χ1n) is 8.97. The topological polar surface area (TPSA) is 57.5 Å². The first-order valence-corrected chi connectivity index (χ1v) is 8.97. The highest BCUT2D eigenvalue weighted by atomic mass is 16.3. The highest BCUT2D eigenvalue weighted by Crippen LogP contribution is 2.70. The van der Waals surface area contributed by atoms with Gasteiger partial charge in [-0.15, -0.1) is 0 Å². The molecule has 0 saturated heterocycles. The van der Waals surface area contributed by atoms with Gasteiger partial charge in [-0.1, -0.05) is 32.9 Å². The average molecular weight is 316 g/mol. The third kappa shape index (κ3) is 1.72. The maximum Gasteiger partial charge on any atom is 0.203 e. The number of carbonyl (C=O) groups excluding carboxylic acids is 1. The van der Waals surface area contributed by atoms with Crippen molar-refractivity contribution in [3.63, 3.8) is 0 Å². The number of hydrogen-bond acceptors (Lipinski definition) is 3. The average Bonchev–Trinajstić information content (AvgIpc) is 2.77. The molecule has 0 radical (unpaired) electrons. The van der Waals surface area contributed by atoms with Crippen molar-refractivity contribution in [3.8, 4) is 0 Å². The van der Waals surface area contributed by atoms with Crippen LogP contribution in [0.25, 0.3) is 0 Å². The van der Waals surface area contributed by atoms with Gasteiger partial charge in [-0.25, -0.2) is 0 Å². The van der Waals surface area contributed by atoms with Crippen LogP contribution in [0.5, 0.6) is 0 Å². The molecule has 0 aromatic rings. The van der Waals surface area contributed by atoms with Crippen molar-refractivity contribution < 1.29 is 15.0 Å². The van der Waals surface area contributed by atoms with E-state index >= 15 is 0 Å². The normalized spacial score (nSPS) is 50.3. The maximum atomic E-state index is 13.1. The third-order valence-electron chi connectivity index (χ3n) is 7.86. The van der Waals surface area contributed by atoms with Gasteiger partial charge in [0.15, 0.2) is 5.76 Å². The summed E-state index contributed by atoms with van der Waals surface area (Å²) in [5, 5.41) is 20.2. The van der Waals surface area contributed by atoms with Gasteiger partial charge in [0.05, 0.1) is 6.61 Å². The first-order chi connectivity index (χ1) is 10.7. The van der Waals surface area contributed by atoms with Gasteiger partial charge in [-0.2, -0.15) is 0 Å². The molecular weight excluding hydrogens is 288 g/mol. The lowest BCUT2D eigenvalue weighted by Crippen LogP contribution is -2.60. The Morgan fingerprint density at radius 3 is 2.52 bits per heavy atom. The van der Waals surface area contributed by atoms with Crippen LogP contribution in [0, 0.1) is 33.5 Å². The Labute approximate surface area is 138 Å². The smallest absolute Gasteiger partial charge is 0.203 e. The van der Waals surface area contributed by atoms with Gasteiger partial charge in [0, 0.05) is 10.8 Å². The van der Waals surface area contributed by atoms with Gasteiger partial charge in [-0.05, 0) is 60.8 Å². The molecule has 2 fully saturated rings. The number of rotatable bonds is 1. The minimum atomic E-state index is -0.489. The molecule has 3 nitrogen and oxygen atoms in total. The summed E-state index contributed by atoms with van der Waals surface area (Å²) in [4.78, 5) is 13.1. The van der Waals surface area contributed by atoms with Crippen molar-refractivity contribution in [2.24, 2.45) is 33.5 Å². The molecule has 2 bridgehead atoms. The zero-order chi connectivity index (χ0) is 16.7. The molecule has 3 heteroatoms. The molecule has 2 saturated carbocycles. The molecule has 4 rings (SSSR count). The summed E-state index contributed by atoms with van der Waals surface area (Å²) < 4.78 is 0. The van der Waals surface area contributed by atoms with Crippen LogP contribution < -0.4 is 0 Å². The van der Waals surface area contributed by atoms with Crippen LogP contribution in [0.15, 0.2) is 24.0 Å². The van der Waals surface area contributed by atoms with E-state index in [-0.39, 0.29) is 46.2 Å². The minimum absolute atomic E-state index is 0.0354. The summed E-state index contributed by atoms with van der Waals surface area (Å²) in [5.41, 5.74) is -0.667. The fourth-order valence-corrected chi connectivity index (χ4v) is 6.89. The number of carbonyl (C=O) groups is 1. The molecule has 1 spiro atoms. The molecule has 0 aromatic carbocycles. The van der Waals surface area contributed by atoms with Crippen molar-refractivity contribution in [2.75, 3.05) is 6.61 Å². The van der Waals surface area contributed by atoms with Crippen LogP contribution in [0.2, 0.25) is 0 Å². The van der Waals surface area contributed by atoms with Gasteiger partial charge >= 0.3 is 0 Å². The first kappa shape index (κ1) is 15.4. The Morgan fingerprint density at radius 2 is 1.83 bits per heavy atom. The molecule has 0 aromatic heterocycles. The van der Waals surface area contributed by atoms with Gasteiger partial charge in [-0.3, -0.25) is 4.79 Å². The fraction of sp³-hybridized carbons (Fsp3) is 0.750. The van der Waals surface area contributed by atoms with Crippen molar-refractivity contribution in [3.05, 3.63) is 24.0 Å². The predicted molar refractivity (Wildman–Crippen MR) is 88.8 cm³/mol. The highest BCUT2D eigenvalue weighted by Gasteiger charge is 2.66. The molecule has 2 N–H and O–H groups in total. The van der Waals surface area contributed by atoms with E-state index in [9.17, 15) is 15.0 Å². The number of allylic oxidation sites excluding steroid dienone is 3. The molecule has 4 aliphatic carbocycles. The Morgan fingerprint density at radius 1 is 1.13 bits per heavy atom. The maximum absolute atomic E-state index is 13.1. The monoisotopic (exact) mass is 316 g/mol. The Balaban J connectivity index is 1.82. The Hall–Kier alpha value is -1.09. The van der Waals surface area contributed by atoms with E-state index in [1.54, 1.807) is 6.08 Å². The number of hydrogen-bond donors (Lipinski definition) is 2. The van der Waals surface area contributed by atoms with Crippen LogP contribution in [-0.4, -0.2) is 22.6 Å². The summed E-state index contributed by atoms with van der Waals surface area (Å²) >= 11 is 0. The van der Waals surface area contributed by atoms with Crippen molar-refractivity contribution >= 4 is 5.78 Å². The standard InChI is InChI=1S/C20H28O3/c1-17(2)10-13(22)16(23)18(3)14(17)5-7-20-9-8-19(11-20,12-21)6-4-15(18)20/h8-10,14-15,21-22H,4-7,11-12H2,1-3H3/t14-,15-,18+,19-,20-/m0/s1. The Kier molecular flexibility index (Phi) is 2.89. The highest BCUT2D eigenvalue weighted by molar-refractivity contribution is 5.99. The minimum Gasteiger partial charge on any atom is -0.505 e. The zero-order valence-corrected chi connectivity index (χ0v) is 14.4. The lowest BCUT2D eigenvalue weighted by Gasteiger charge is -2.62. The van der Waals surface area contributed by atoms with Crippen LogP contribution in [0.4, 0.5) is 0 Å². The van der Waals surface area contributed by atoms with Crippen molar-refractivity contribution in [1.29, 1.82) is 0 Å². The quantitative estimate of drug-likeness (QED) is 0.724. The largest absolute Gasteiger partial charge is 0.505 e. The molecule has 0 amide bonds. The summed E-state index contributed by atoms with van der Waals surface area (Å²) in [6, 6.07) is 0. The molecule has 126 valence electrons. The van der Waals surface area contributed by atoms with E-state index in [0.29, 0.717) is 0 Å². The second-order valence-corrected chi connectivity index (χ2v) is 9.41. The SMILES string of the molecule is CC1(C)C=C(O)C(=O)[C@@]2(C)[C@@H]3CC[C@]4(CO)C=C[C@@]3(CC[C@@H]12)C4. The van der Waals surface area contributed by atoms with E-state index in [0.717, 1.165) is 32.1 Å². The molecule has 4 aliphatic rings.